The zero-order valence-electron chi connectivity index (χ0n) is 9.17. The van der Waals surface area contributed by atoms with Gasteiger partial charge >= 0.3 is 0 Å². The van der Waals surface area contributed by atoms with E-state index in [0.717, 1.165) is 12.1 Å². The van der Waals surface area contributed by atoms with Gasteiger partial charge in [-0.05, 0) is 0 Å². The Bertz CT molecular complexity index is 442. The van der Waals surface area contributed by atoms with Crippen molar-refractivity contribution in [1.82, 2.24) is 5.32 Å². The van der Waals surface area contributed by atoms with Gasteiger partial charge in [0.1, 0.15) is 17.4 Å². The number of nitrogens with two attached hydrogens (primary N) is 1. The first kappa shape index (κ1) is 11.8. The maximum absolute atomic E-state index is 13.7. The number of hydrogen-bond acceptors (Lipinski definition) is 3. The SMILES string of the molecule is COc1cc(F)c(C2CNC(=O)[C@H]2N)c(F)c1. The zero-order chi connectivity index (χ0) is 12.6. The Kier molecular flexibility index (Phi) is 2.97. The molecule has 0 bridgehead atoms. The maximum Gasteiger partial charge on any atom is 0.237 e. The highest BCUT2D eigenvalue weighted by molar-refractivity contribution is 5.85. The average Bonchev–Trinajstić information content (AvgIpc) is 2.60. The van der Waals surface area contributed by atoms with E-state index < -0.39 is 29.5 Å². The van der Waals surface area contributed by atoms with Gasteiger partial charge in [-0.15, -0.1) is 0 Å². The number of methoxy groups -OCH3 is 1. The summed E-state index contributed by atoms with van der Waals surface area (Å²) in [5.41, 5.74) is 5.42. The number of nitrogens with one attached hydrogen (secondary N) is 1. The lowest BCUT2D eigenvalue weighted by Gasteiger charge is -2.15. The monoisotopic (exact) mass is 242 g/mol. The van der Waals surface area contributed by atoms with Gasteiger partial charge in [0.2, 0.25) is 5.91 Å². The molecule has 2 rings (SSSR count). The predicted molar refractivity (Wildman–Crippen MR) is 56.6 cm³/mol. The lowest BCUT2D eigenvalue weighted by atomic mass is 9.93. The van der Waals surface area contributed by atoms with Crippen LogP contribution in [0.5, 0.6) is 5.75 Å². The lowest BCUT2D eigenvalue weighted by Crippen LogP contribution is -2.33. The fourth-order valence-corrected chi connectivity index (χ4v) is 1.95. The van der Waals surface area contributed by atoms with Gasteiger partial charge in [0.05, 0.1) is 13.2 Å². The topological polar surface area (TPSA) is 64.3 Å². The van der Waals surface area contributed by atoms with Gasteiger partial charge in [-0.3, -0.25) is 4.79 Å². The van der Waals surface area contributed by atoms with Crippen molar-refractivity contribution in [2.24, 2.45) is 5.73 Å². The summed E-state index contributed by atoms with van der Waals surface area (Å²) in [6.45, 7) is 0.139. The zero-order valence-corrected chi connectivity index (χ0v) is 9.17. The fourth-order valence-electron chi connectivity index (χ4n) is 1.95. The summed E-state index contributed by atoms with van der Waals surface area (Å²) in [6, 6.07) is 1.23. The van der Waals surface area contributed by atoms with Crippen LogP contribution in [-0.2, 0) is 4.79 Å². The van der Waals surface area contributed by atoms with Gasteiger partial charge in [-0.1, -0.05) is 0 Å². The number of rotatable bonds is 2. The second-order valence-corrected chi connectivity index (χ2v) is 3.88. The molecule has 1 aliphatic heterocycles. The highest BCUT2D eigenvalue weighted by Crippen LogP contribution is 2.30. The van der Waals surface area contributed by atoms with Gasteiger partial charge in [-0.25, -0.2) is 8.78 Å². The minimum Gasteiger partial charge on any atom is -0.497 e. The number of benzene rings is 1. The summed E-state index contributed by atoms with van der Waals surface area (Å²) in [5, 5.41) is 2.47. The summed E-state index contributed by atoms with van der Waals surface area (Å²) in [4.78, 5) is 11.2. The van der Waals surface area contributed by atoms with Crippen LogP contribution < -0.4 is 15.8 Å². The first-order valence-corrected chi connectivity index (χ1v) is 5.10. The number of carbonyl (C=O) groups excluding carboxylic acids is 1. The van der Waals surface area contributed by atoms with Crippen LogP contribution in [0.1, 0.15) is 11.5 Å². The van der Waals surface area contributed by atoms with Crippen LogP contribution in [-0.4, -0.2) is 25.6 Å². The van der Waals surface area contributed by atoms with Crippen LogP contribution in [0.2, 0.25) is 0 Å². The van der Waals surface area contributed by atoms with Crippen molar-refractivity contribution < 1.29 is 18.3 Å². The van der Waals surface area contributed by atoms with E-state index in [2.05, 4.69) is 5.32 Å². The van der Waals surface area contributed by atoms with Crippen LogP contribution in [0.3, 0.4) is 0 Å². The Labute approximate surface area is 96.7 Å². The number of ether oxygens (including phenoxy) is 1. The summed E-state index contributed by atoms with van der Waals surface area (Å²) in [5.74, 6) is -2.50. The van der Waals surface area contributed by atoms with Crippen LogP contribution >= 0.6 is 0 Å². The van der Waals surface area contributed by atoms with Crippen molar-refractivity contribution in [3.8, 4) is 5.75 Å². The average molecular weight is 242 g/mol. The Balaban J connectivity index is 2.42. The molecule has 0 saturated carbocycles. The highest BCUT2D eigenvalue weighted by atomic mass is 19.1. The molecular weight excluding hydrogens is 230 g/mol. The predicted octanol–water partition coefficient (Wildman–Crippen LogP) is 0.514. The molecule has 1 aromatic rings. The molecule has 1 unspecified atom stereocenters. The maximum atomic E-state index is 13.7. The van der Waals surface area contributed by atoms with Gasteiger partial charge < -0.3 is 15.8 Å². The van der Waals surface area contributed by atoms with Crippen molar-refractivity contribution in [2.45, 2.75) is 12.0 Å². The van der Waals surface area contributed by atoms with Gasteiger partial charge in [0.15, 0.2) is 0 Å². The van der Waals surface area contributed by atoms with Gasteiger partial charge in [-0.2, -0.15) is 0 Å². The standard InChI is InChI=1S/C11H12F2N2O2/c1-17-5-2-7(12)9(8(13)3-5)6-4-15-11(16)10(6)14/h2-3,6,10H,4,14H2,1H3,(H,15,16)/t6?,10-/m0/s1. The highest BCUT2D eigenvalue weighted by Gasteiger charge is 2.36. The molecule has 2 atom stereocenters. The van der Waals surface area contributed by atoms with Crippen molar-refractivity contribution in [1.29, 1.82) is 0 Å². The van der Waals surface area contributed by atoms with Crippen molar-refractivity contribution in [3.05, 3.63) is 29.3 Å². The van der Waals surface area contributed by atoms with E-state index in [1.807, 2.05) is 0 Å². The fraction of sp³-hybridized carbons (Fsp3) is 0.364. The minimum absolute atomic E-state index is 0.0922. The molecule has 0 aromatic heterocycles. The molecule has 17 heavy (non-hydrogen) atoms. The summed E-state index contributed by atoms with van der Waals surface area (Å²) < 4.78 is 32.2. The van der Waals surface area contributed by atoms with E-state index in [1.54, 1.807) is 0 Å². The third-order valence-corrected chi connectivity index (χ3v) is 2.89. The Morgan fingerprint density at radius 2 is 2.00 bits per heavy atom. The minimum atomic E-state index is -0.924. The van der Waals surface area contributed by atoms with E-state index >= 15 is 0 Å². The third kappa shape index (κ3) is 1.95. The normalized spacial score (nSPS) is 23.6. The molecule has 3 N–H and O–H groups in total. The van der Waals surface area contributed by atoms with Crippen LogP contribution in [0.25, 0.3) is 0 Å². The molecule has 0 aliphatic carbocycles. The molecule has 4 nitrogen and oxygen atoms in total. The first-order chi connectivity index (χ1) is 8.04. The molecule has 1 aromatic carbocycles. The van der Waals surface area contributed by atoms with Crippen molar-refractivity contribution in [2.75, 3.05) is 13.7 Å². The number of amides is 1. The van der Waals surface area contributed by atoms with E-state index in [4.69, 9.17) is 10.5 Å². The number of hydrogen-bond donors (Lipinski definition) is 2. The molecule has 1 aliphatic rings. The van der Waals surface area contributed by atoms with Gasteiger partial charge in [0.25, 0.3) is 0 Å². The second kappa shape index (κ2) is 4.29. The molecule has 0 spiro atoms. The molecule has 0 radical (unpaired) electrons. The Morgan fingerprint density at radius 1 is 1.41 bits per heavy atom. The molecule has 1 saturated heterocycles. The smallest absolute Gasteiger partial charge is 0.237 e. The molecular formula is C11H12F2N2O2. The summed E-state index contributed by atoms with van der Waals surface area (Å²) in [6.07, 6.45) is 0. The van der Waals surface area contributed by atoms with Crippen LogP contribution in [0, 0.1) is 11.6 Å². The molecule has 6 heteroatoms. The number of halogens is 2. The lowest BCUT2D eigenvalue weighted by molar-refractivity contribution is -0.120. The summed E-state index contributed by atoms with van der Waals surface area (Å²) >= 11 is 0. The van der Waals surface area contributed by atoms with E-state index in [1.165, 1.54) is 7.11 Å². The Morgan fingerprint density at radius 3 is 2.41 bits per heavy atom. The van der Waals surface area contributed by atoms with E-state index in [9.17, 15) is 13.6 Å². The van der Waals surface area contributed by atoms with E-state index in [0.29, 0.717) is 0 Å². The van der Waals surface area contributed by atoms with E-state index in [-0.39, 0.29) is 17.9 Å². The number of carbonyl (C=O) groups is 1. The van der Waals surface area contributed by atoms with Crippen LogP contribution in [0.15, 0.2) is 12.1 Å². The Hall–Kier alpha value is -1.69. The third-order valence-electron chi connectivity index (χ3n) is 2.89. The second-order valence-electron chi connectivity index (χ2n) is 3.88. The molecule has 1 amide bonds. The molecule has 1 fully saturated rings. The largest absolute Gasteiger partial charge is 0.497 e. The quantitative estimate of drug-likeness (QED) is 0.794. The first-order valence-electron chi connectivity index (χ1n) is 5.10. The molecule has 1 heterocycles. The van der Waals surface area contributed by atoms with Crippen LogP contribution in [0.4, 0.5) is 8.78 Å². The summed E-state index contributed by atoms with van der Waals surface area (Å²) in [7, 11) is 1.32. The van der Waals surface area contributed by atoms with Crippen molar-refractivity contribution >= 4 is 5.91 Å². The molecule has 92 valence electrons. The van der Waals surface area contributed by atoms with Crippen molar-refractivity contribution in [3.63, 3.8) is 0 Å². The van der Waals surface area contributed by atoms with Gasteiger partial charge in [0, 0.05) is 30.2 Å².